The van der Waals surface area contributed by atoms with Gasteiger partial charge >= 0.3 is 0 Å². The first-order valence-corrected chi connectivity index (χ1v) is 7.42. The van der Waals surface area contributed by atoms with E-state index >= 15 is 0 Å². The summed E-state index contributed by atoms with van der Waals surface area (Å²) in [6, 6.07) is 15.3. The van der Waals surface area contributed by atoms with Gasteiger partial charge in [-0.25, -0.2) is 4.39 Å². The molecule has 1 aliphatic rings. The number of nitrogens with one attached hydrogen (secondary N) is 1. The normalized spacial score (nSPS) is 18.9. The Morgan fingerprint density at radius 3 is 2.38 bits per heavy atom. The van der Waals surface area contributed by atoms with Gasteiger partial charge in [-0.15, -0.1) is 0 Å². The lowest BCUT2D eigenvalue weighted by atomic mass is 10.1. The summed E-state index contributed by atoms with van der Waals surface area (Å²) < 4.78 is 13.0. The topological polar surface area (TPSA) is 44.2 Å². The maximum atomic E-state index is 13.0. The second-order valence-corrected chi connectivity index (χ2v) is 5.92. The van der Waals surface area contributed by atoms with E-state index in [9.17, 15) is 9.18 Å². The van der Waals surface area contributed by atoms with Crippen molar-refractivity contribution in [2.45, 2.75) is 11.7 Å². The van der Waals surface area contributed by atoms with E-state index in [1.165, 1.54) is 28.8 Å². The van der Waals surface area contributed by atoms with Crippen LogP contribution in [-0.2, 0) is 4.79 Å². The largest absolute Gasteiger partial charge is 0.278 e. The fraction of sp³-hybridized carbons (Fsp3) is 0.125. The van der Waals surface area contributed by atoms with Crippen molar-refractivity contribution >= 4 is 28.5 Å². The lowest BCUT2D eigenvalue weighted by Gasteiger charge is -2.31. The van der Waals surface area contributed by atoms with E-state index in [2.05, 4.69) is 0 Å². The van der Waals surface area contributed by atoms with E-state index in [-0.39, 0.29) is 22.1 Å². The minimum Gasteiger partial charge on any atom is -0.278 e. The SMILES string of the molecule is N=C1SC(c2ccc(F)cc2)CC(=O)N1c1ccccc1. The fourth-order valence-electron chi connectivity index (χ4n) is 2.29. The highest BCUT2D eigenvalue weighted by Crippen LogP contribution is 2.39. The smallest absolute Gasteiger partial charge is 0.234 e. The van der Waals surface area contributed by atoms with Gasteiger partial charge in [0, 0.05) is 11.7 Å². The molecule has 1 unspecified atom stereocenters. The molecule has 2 aromatic carbocycles. The van der Waals surface area contributed by atoms with E-state index in [1.54, 1.807) is 12.1 Å². The van der Waals surface area contributed by atoms with Crippen molar-refractivity contribution in [3.8, 4) is 0 Å². The molecule has 1 N–H and O–H groups in total. The third kappa shape index (κ3) is 2.83. The molecule has 0 saturated carbocycles. The number of benzene rings is 2. The highest BCUT2D eigenvalue weighted by Gasteiger charge is 2.32. The number of rotatable bonds is 2. The molecule has 5 heteroatoms. The van der Waals surface area contributed by atoms with E-state index in [0.29, 0.717) is 12.1 Å². The summed E-state index contributed by atoms with van der Waals surface area (Å²) in [7, 11) is 0. The molecule has 0 spiro atoms. The van der Waals surface area contributed by atoms with Crippen LogP contribution in [0.2, 0.25) is 0 Å². The van der Waals surface area contributed by atoms with Crippen molar-refractivity contribution in [1.82, 2.24) is 0 Å². The summed E-state index contributed by atoms with van der Waals surface area (Å²) in [6.07, 6.45) is 0.299. The van der Waals surface area contributed by atoms with Gasteiger partial charge in [0.1, 0.15) is 5.82 Å². The predicted molar refractivity (Wildman–Crippen MR) is 83.0 cm³/mol. The van der Waals surface area contributed by atoms with E-state index in [1.807, 2.05) is 30.3 Å². The number of anilines is 1. The Morgan fingerprint density at radius 2 is 1.76 bits per heavy atom. The van der Waals surface area contributed by atoms with E-state index < -0.39 is 0 Å². The Bertz CT molecular complexity index is 654. The number of thioether (sulfide) groups is 1. The Balaban J connectivity index is 1.83. The molecule has 3 nitrogen and oxygen atoms in total. The lowest BCUT2D eigenvalue weighted by molar-refractivity contribution is -0.117. The summed E-state index contributed by atoms with van der Waals surface area (Å²) in [5, 5.41) is 8.20. The molecule has 1 amide bonds. The summed E-state index contributed by atoms with van der Waals surface area (Å²) >= 11 is 1.32. The van der Waals surface area contributed by atoms with Gasteiger partial charge in [0.15, 0.2) is 5.17 Å². The lowest BCUT2D eigenvalue weighted by Crippen LogP contribution is -2.39. The molecule has 1 saturated heterocycles. The van der Waals surface area contributed by atoms with E-state index in [4.69, 9.17) is 5.41 Å². The maximum absolute atomic E-state index is 13.0. The molecular weight excluding hydrogens is 287 g/mol. The molecule has 1 atom stereocenters. The van der Waals surface area contributed by atoms with Crippen LogP contribution in [0, 0.1) is 11.2 Å². The van der Waals surface area contributed by atoms with Crippen LogP contribution in [0.3, 0.4) is 0 Å². The number of nitrogens with zero attached hydrogens (tertiary/aromatic N) is 1. The quantitative estimate of drug-likeness (QED) is 0.912. The van der Waals surface area contributed by atoms with Gasteiger partial charge in [-0.3, -0.25) is 15.1 Å². The van der Waals surface area contributed by atoms with Crippen LogP contribution in [0.5, 0.6) is 0 Å². The Labute approximate surface area is 126 Å². The molecule has 0 bridgehead atoms. The van der Waals surface area contributed by atoms with Crippen molar-refractivity contribution < 1.29 is 9.18 Å². The zero-order chi connectivity index (χ0) is 14.8. The van der Waals surface area contributed by atoms with Crippen molar-refractivity contribution in [2.75, 3.05) is 4.90 Å². The van der Waals surface area contributed by atoms with Crippen molar-refractivity contribution in [3.63, 3.8) is 0 Å². The molecule has 21 heavy (non-hydrogen) atoms. The fourth-order valence-corrected chi connectivity index (χ4v) is 3.40. The standard InChI is InChI=1S/C16H13FN2OS/c17-12-8-6-11(7-9-12)14-10-15(20)19(16(18)21-14)13-4-2-1-3-5-13/h1-9,14,18H,10H2. The molecule has 106 valence electrons. The van der Waals surface area contributed by atoms with Crippen LogP contribution >= 0.6 is 11.8 Å². The van der Waals surface area contributed by atoms with Crippen LogP contribution < -0.4 is 4.90 Å². The van der Waals surface area contributed by atoms with Crippen LogP contribution in [0.4, 0.5) is 10.1 Å². The van der Waals surface area contributed by atoms with Gasteiger partial charge in [-0.05, 0) is 29.8 Å². The molecule has 0 radical (unpaired) electrons. The van der Waals surface area contributed by atoms with Crippen LogP contribution in [0.25, 0.3) is 0 Å². The van der Waals surface area contributed by atoms with Crippen LogP contribution in [-0.4, -0.2) is 11.1 Å². The number of carbonyl (C=O) groups is 1. The van der Waals surface area contributed by atoms with E-state index in [0.717, 1.165) is 5.56 Å². The van der Waals surface area contributed by atoms with Gasteiger partial charge in [0.05, 0.1) is 5.69 Å². The highest BCUT2D eigenvalue weighted by molar-refractivity contribution is 8.14. The first kappa shape index (κ1) is 13.8. The number of amides is 1. The first-order chi connectivity index (χ1) is 10.1. The third-order valence-electron chi connectivity index (χ3n) is 3.32. The Hall–Kier alpha value is -2.14. The van der Waals surface area contributed by atoms with Gasteiger partial charge < -0.3 is 0 Å². The summed E-state index contributed by atoms with van der Waals surface area (Å²) in [6.45, 7) is 0. The second kappa shape index (κ2) is 5.69. The molecular formula is C16H13FN2OS. The zero-order valence-corrected chi connectivity index (χ0v) is 11.9. The monoisotopic (exact) mass is 300 g/mol. The molecule has 1 aliphatic heterocycles. The number of hydrogen-bond donors (Lipinski definition) is 1. The number of carbonyl (C=O) groups excluding carboxylic acids is 1. The minimum atomic E-state index is -0.299. The summed E-state index contributed by atoms with van der Waals surface area (Å²) in [4.78, 5) is 13.8. The second-order valence-electron chi connectivity index (χ2n) is 4.73. The number of amidine groups is 1. The number of halogens is 1. The minimum absolute atomic E-state index is 0.112. The van der Waals surface area contributed by atoms with Crippen molar-refractivity contribution in [2.24, 2.45) is 0 Å². The average molecular weight is 300 g/mol. The Kier molecular flexibility index (Phi) is 3.75. The van der Waals surface area contributed by atoms with Crippen molar-refractivity contribution in [1.29, 1.82) is 5.41 Å². The first-order valence-electron chi connectivity index (χ1n) is 6.54. The molecule has 0 aromatic heterocycles. The predicted octanol–water partition coefficient (Wildman–Crippen LogP) is 3.97. The van der Waals surface area contributed by atoms with Gasteiger partial charge in [0.25, 0.3) is 0 Å². The molecule has 1 heterocycles. The van der Waals surface area contributed by atoms with Crippen LogP contribution in [0.1, 0.15) is 17.2 Å². The van der Waals surface area contributed by atoms with Gasteiger partial charge in [-0.1, -0.05) is 42.1 Å². The van der Waals surface area contributed by atoms with Gasteiger partial charge in [0.2, 0.25) is 5.91 Å². The van der Waals surface area contributed by atoms with Crippen LogP contribution in [0.15, 0.2) is 54.6 Å². The summed E-state index contributed by atoms with van der Waals surface area (Å²) in [5.41, 5.74) is 1.57. The van der Waals surface area contributed by atoms with Crippen molar-refractivity contribution in [3.05, 3.63) is 66.0 Å². The number of hydrogen-bond acceptors (Lipinski definition) is 3. The summed E-state index contributed by atoms with van der Waals surface area (Å²) in [5.74, 6) is -0.411. The zero-order valence-electron chi connectivity index (χ0n) is 11.1. The average Bonchev–Trinajstić information content (AvgIpc) is 2.48. The van der Waals surface area contributed by atoms with Gasteiger partial charge in [-0.2, -0.15) is 0 Å². The maximum Gasteiger partial charge on any atom is 0.234 e. The molecule has 0 aliphatic carbocycles. The molecule has 1 fully saturated rings. The Morgan fingerprint density at radius 1 is 1.10 bits per heavy atom. The highest BCUT2D eigenvalue weighted by atomic mass is 32.2. The number of para-hydroxylation sites is 1. The molecule has 2 aromatic rings. The third-order valence-corrected chi connectivity index (χ3v) is 4.45. The molecule has 3 rings (SSSR count).